The molecule has 6 nitrogen and oxygen atoms in total. The number of likely N-dealkylation sites (tertiary alicyclic amines) is 1. The highest BCUT2D eigenvalue weighted by Crippen LogP contribution is 2.52. The number of rotatable bonds is 7. The van der Waals surface area contributed by atoms with Crippen molar-refractivity contribution in [3.05, 3.63) is 64.2 Å². The number of carbonyl (C=O) groups excluding carboxylic acids is 1. The van der Waals surface area contributed by atoms with E-state index in [-0.39, 0.29) is 17.5 Å². The van der Waals surface area contributed by atoms with Gasteiger partial charge in [-0.25, -0.2) is 8.42 Å². The van der Waals surface area contributed by atoms with Crippen molar-refractivity contribution in [1.82, 2.24) is 14.1 Å². The molecule has 2 saturated heterocycles. The first-order chi connectivity index (χ1) is 20.0. The minimum absolute atomic E-state index is 0.0922. The van der Waals surface area contributed by atoms with E-state index in [0.717, 1.165) is 63.6 Å². The number of carbonyl (C=O) groups is 1. The number of piperidine rings is 2. The van der Waals surface area contributed by atoms with Gasteiger partial charge in [0.2, 0.25) is 15.9 Å². The molecule has 1 unspecified atom stereocenters. The zero-order valence-corrected chi connectivity index (χ0v) is 27.4. The van der Waals surface area contributed by atoms with Crippen molar-refractivity contribution < 1.29 is 13.2 Å². The number of amides is 1. The van der Waals surface area contributed by atoms with Crippen LogP contribution in [-0.2, 0) is 20.4 Å². The number of sulfonamides is 1. The largest absolute Gasteiger partial charge is 0.343 e. The van der Waals surface area contributed by atoms with E-state index >= 15 is 0 Å². The van der Waals surface area contributed by atoms with Crippen molar-refractivity contribution in [3.8, 4) is 0 Å². The standard InChI is InChI=1S/C34H48ClN3O3S/c1-26-25-31(27(2)24-30(26)35)42(40,41)38-21-9-8-12-29(38)13-14-32(39)37-22-19-33(20-23-37)15-17-34(18-16-33,36(3)4)28-10-6-5-7-11-28/h5-7,10-11,24-25,29H,8-9,12-23H2,1-4H3. The molecule has 3 aliphatic rings. The van der Waals surface area contributed by atoms with E-state index in [4.69, 9.17) is 11.6 Å². The van der Waals surface area contributed by atoms with Crippen LogP contribution < -0.4 is 0 Å². The number of halogens is 1. The van der Waals surface area contributed by atoms with E-state index in [1.807, 2.05) is 11.8 Å². The normalized spacial score (nSPS) is 22.9. The van der Waals surface area contributed by atoms with Crippen LogP contribution in [0.25, 0.3) is 0 Å². The maximum Gasteiger partial charge on any atom is 0.243 e. The van der Waals surface area contributed by atoms with Crippen LogP contribution in [0.1, 0.15) is 87.3 Å². The SMILES string of the molecule is Cc1cc(S(=O)(=O)N2CCCCC2CCC(=O)N2CCC3(CC2)CCC(c2ccccc2)(N(C)C)CC3)c(C)cc1Cl. The van der Waals surface area contributed by atoms with E-state index in [9.17, 15) is 13.2 Å². The Kier molecular flexibility index (Phi) is 9.44. The summed E-state index contributed by atoms with van der Waals surface area (Å²) in [5.74, 6) is 0.175. The van der Waals surface area contributed by atoms with Crippen molar-refractivity contribution in [2.75, 3.05) is 33.7 Å². The van der Waals surface area contributed by atoms with Crippen LogP contribution in [0, 0.1) is 19.3 Å². The van der Waals surface area contributed by atoms with Gasteiger partial charge in [-0.2, -0.15) is 4.31 Å². The van der Waals surface area contributed by atoms with Crippen LogP contribution in [0.15, 0.2) is 47.4 Å². The molecule has 2 aromatic carbocycles. The monoisotopic (exact) mass is 613 g/mol. The van der Waals surface area contributed by atoms with Gasteiger partial charge in [0.15, 0.2) is 0 Å². The highest BCUT2D eigenvalue weighted by Gasteiger charge is 2.46. The first-order valence-corrected chi connectivity index (χ1v) is 17.6. The lowest BCUT2D eigenvalue weighted by Gasteiger charge is -2.52. The van der Waals surface area contributed by atoms with E-state index in [2.05, 4.69) is 49.3 Å². The van der Waals surface area contributed by atoms with Gasteiger partial charge in [0.05, 0.1) is 4.90 Å². The van der Waals surface area contributed by atoms with Gasteiger partial charge in [0, 0.05) is 42.7 Å². The second-order valence-corrected chi connectivity index (χ2v) is 15.6. The summed E-state index contributed by atoms with van der Waals surface area (Å²) < 4.78 is 29.2. The summed E-state index contributed by atoms with van der Waals surface area (Å²) in [4.78, 5) is 18.2. The Morgan fingerprint density at radius 1 is 0.929 bits per heavy atom. The molecule has 0 bridgehead atoms. The number of nitrogens with zero attached hydrogens (tertiary/aromatic N) is 3. The molecule has 3 fully saturated rings. The lowest BCUT2D eigenvalue weighted by atomic mass is 9.61. The summed E-state index contributed by atoms with van der Waals surface area (Å²) in [7, 11) is 0.760. The van der Waals surface area contributed by atoms with Crippen LogP contribution in [0.4, 0.5) is 0 Å². The first kappa shape index (κ1) is 31.5. The zero-order valence-electron chi connectivity index (χ0n) is 25.9. The van der Waals surface area contributed by atoms with Crippen molar-refractivity contribution in [2.24, 2.45) is 5.41 Å². The van der Waals surface area contributed by atoms with Gasteiger partial charge in [0.25, 0.3) is 0 Å². The minimum Gasteiger partial charge on any atom is -0.343 e. The molecular formula is C34H48ClN3O3S. The summed E-state index contributed by atoms with van der Waals surface area (Å²) in [6, 6.07) is 14.2. The Hall–Kier alpha value is -1.93. The molecule has 1 spiro atoms. The molecule has 1 atom stereocenters. The van der Waals surface area contributed by atoms with Crippen molar-refractivity contribution in [2.45, 2.75) is 101 Å². The molecule has 1 aliphatic carbocycles. The van der Waals surface area contributed by atoms with E-state index in [0.29, 0.717) is 40.3 Å². The van der Waals surface area contributed by atoms with Gasteiger partial charge in [-0.05, 0) is 120 Å². The summed E-state index contributed by atoms with van der Waals surface area (Å²) >= 11 is 6.25. The predicted octanol–water partition coefficient (Wildman–Crippen LogP) is 6.92. The third-order valence-corrected chi connectivity index (χ3v) is 13.3. The average molecular weight is 614 g/mol. The summed E-state index contributed by atoms with van der Waals surface area (Å²) in [5.41, 5.74) is 3.26. The van der Waals surface area contributed by atoms with E-state index < -0.39 is 10.0 Å². The number of aryl methyl sites for hydroxylation is 2. The molecule has 1 amide bonds. The van der Waals surface area contributed by atoms with Gasteiger partial charge in [-0.1, -0.05) is 48.4 Å². The maximum atomic E-state index is 13.8. The lowest BCUT2D eigenvalue weighted by Crippen LogP contribution is -2.50. The third kappa shape index (κ3) is 6.17. The fourth-order valence-corrected chi connectivity index (χ4v) is 10.1. The highest BCUT2D eigenvalue weighted by atomic mass is 35.5. The molecule has 2 heterocycles. The van der Waals surface area contributed by atoms with Gasteiger partial charge in [-0.15, -0.1) is 0 Å². The fraction of sp³-hybridized carbons (Fsp3) is 0.618. The van der Waals surface area contributed by atoms with Crippen molar-refractivity contribution in [3.63, 3.8) is 0 Å². The molecule has 230 valence electrons. The highest BCUT2D eigenvalue weighted by molar-refractivity contribution is 7.89. The molecule has 1 saturated carbocycles. The Labute approximate surface area is 258 Å². The quantitative estimate of drug-likeness (QED) is 0.340. The molecule has 0 aromatic heterocycles. The van der Waals surface area contributed by atoms with Crippen LogP contribution in [-0.4, -0.2) is 68.2 Å². The smallest absolute Gasteiger partial charge is 0.243 e. The fourth-order valence-electron chi connectivity index (χ4n) is 7.85. The Balaban J connectivity index is 1.17. The molecular weight excluding hydrogens is 566 g/mol. The van der Waals surface area contributed by atoms with Gasteiger partial charge < -0.3 is 4.90 Å². The summed E-state index contributed by atoms with van der Waals surface area (Å²) in [6.07, 6.45) is 10.4. The molecule has 42 heavy (non-hydrogen) atoms. The Bertz CT molecular complexity index is 1360. The Morgan fingerprint density at radius 2 is 1.60 bits per heavy atom. The first-order valence-electron chi connectivity index (χ1n) is 15.8. The predicted molar refractivity (Wildman–Crippen MR) is 170 cm³/mol. The Morgan fingerprint density at radius 3 is 2.24 bits per heavy atom. The zero-order chi connectivity index (χ0) is 30.1. The maximum absolute atomic E-state index is 13.8. The van der Waals surface area contributed by atoms with Crippen LogP contribution in [0.5, 0.6) is 0 Å². The second kappa shape index (κ2) is 12.6. The van der Waals surface area contributed by atoms with Crippen molar-refractivity contribution >= 4 is 27.5 Å². The minimum atomic E-state index is -3.66. The molecule has 8 heteroatoms. The van der Waals surface area contributed by atoms with Crippen LogP contribution in [0.2, 0.25) is 5.02 Å². The number of hydrogen-bond acceptors (Lipinski definition) is 4. The van der Waals surface area contributed by atoms with E-state index in [1.165, 1.54) is 18.4 Å². The van der Waals surface area contributed by atoms with Crippen molar-refractivity contribution in [1.29, 1.82) is 0 Å². The third-order valence-electron chi connectivity index (χ3n) is 10.8. The number of hydrogen-bond donors (Lipinski definition) is 0. The van der Waals surface area contributed by atoms with Crippen LogP contribution in [0.3, 0.4) is 0 Å². The lowest BCUT2D eigenvalue weighted by molar-refractivity contribution is -0.134. The molecule has 2 aliphatic heterocycles. The summed E-state index contributed by atoms with van der Waals surface area (Å²) in [5, 5.41) is 0.581. The van der Waals surface area contributed by atoms with Gasteiger partial charge >= 0.3 is 0 Å². The second-order valence-electron chi connectivity index (χ2n) is 13.3. The molecule has 0 N–H and O–H groups in total. The summed E-state index contributed by atoms with van der Waals surface area (Å²) in [6.45, 7) is 5.78. The van der Waals surface area contributed by atoms with Crippen LogP contribution >= 0.6 is 11.6 Å². The number of benzene rings is 2. The van der Waals surface area contributed by atoms with E-state index in [1.54, 1.807) is 23.4 Å². The molecule has 0 radical (unpaired) electrons. The molecule has 5 rings (SSSR count). The van der Waals surface area contributed by atoms with Gasteiger partial charge in [0.1, 0.15) is 0 Å². The topological polar surface area (TPSA) is 60.9 Å². The van der Waals surface area contributed by atoms with Gasteiger partial charge in [-0.3, -0.25) is 9.69 Å². The molecule has 2 aromatic rings. The average Bonchev–Trinajstić information content (AvgIpc) is 2.99.